The van der Waals surface area contributed by atoms with E-state index in [9.17, 15) is 4.39 Å². The van der Waals surface area contributed by atoms with Crippen molar-refractivity contribution in [3.63, 3.8) is 0 Å². The summed E-state index contributed by atoms with van der Waals surface area (Å²) in [4.78, 5) is 0. The lowest BCUT2D eigenvalue weighted by atomic mass is 10.1. The van der Waals surface area contributed by atoms with Crippen LogP contribution in [0.5, 0.6) is 0 Å². The summed E-state index contributed by atoms with van der Waals surface area (Å²) in [5.74, 6) is 0.492. The molecular weight excluding hydrogens is 253 g/mol. The van der Waals surface area contributed by atoms with E-state index in [4.69, 9.17) is 4.74 Å². The van der Waals surface area contributed by atoms with Crippen molar-refractivity contribution in [2.75, 3.05) is 13.2 Å². The average Bonchev–Trinajstić information content (AvgIpc) is 2.91. The first-order chi connectivity index (χ1) is 9.65. The molecule has 2 nitrogen and oxygen atoms in total. The lowest BCUT2D eigenvalue weighted by Crippen LogP contribution is -2.30. The van der Waals surface area contributed by atoms with Gasteiger partial charge < -0.3 is 10.1 Å². The van der Waals surface area contributed by atoms with Crippen LogP contribution in [-0.4, -0.2) is 19.2 Å². The van der Waals surface area contributed by atoms with E-state index < -0.39 is 0 Å². The Morgan fingerprint density at radius 2 is 2.05 bits per heavy atom. The van der Waals surface area contributed by atoms with Gasteiger partial charge in [0.25, 0.3) is 0 Å². The first-order valence-electron chi connectivity index (χ1n) is 7.75. The maximum absolute atomic E-state index is 13.4. The number of halogens is 1. The molecule has 1 fully saturated rings. The van der Waals surface area contributed by atoms with E-state index in [1.165, 1.54) is 31.7 Å². The van der Waals surface area contributed by atoms with Crippen molar-refractivity contribution in [3.05, 3.63) is 35.6 Å². The number of benzene rings is 1. The summed E-state index contributed by atoms with van der Waals surface area (Å²) < 4.78 is 19.5. The Bertz CT molecular complexity index is 402. The van der Waals surface area contributed by atoms with E-state index >= 15 is 0 Å². The Morgan fingerprint density at radius 1 is 1.30 bits per heavy atom. The van der Waals surface area contributed by atoms with Crippen LogP contribution in [0.2, 0.25) is 0 Å². The number of ether oxygens (including phenoxy) is 1. The van der Waals surface area contributed by atoms with Crippen molar-refractivity contribution in [2.45, 2.75) is 51.7 Å². The van der Waals surface area contributed by atoms with Crippen LogP contribution < -0.4 is 5.32 Å². The summed E-state index contributed by atoms with van der Waals surface area (Å²) >= 11 is 0. The monoisotopic (exact) mass is 279 g/mol. The van der Waals surface area contributed by atoms with Gasteiger partial charge in [-0.1, -0.05) is 38.8 Å². The number of rotatable bonds is 7. The Kier molecular flexibility index (Phi) is 5.99. The molecule has 112 valence electrons. The van der Waals surface area contributed by atoms with Gasteiger partial charge in [-0.2, -0.15) is 0 Å². The maximum atomic E-state index is 13.4. The summed E-state index contributed by atoms with van der Waals surface area (Å²) in [6, 6.07) is 7.17. The molecule has 3 heteroatoms. The minimum absolute atomic E-state index is 0.0614. The molecule has 1 aromatic rings. The van der Waals surface area contributed by atoms with Gasteiger partial charge in [-0.25, -0.2) is 4.39 Å². The predicted octanol–water partition coefficient (Wildman–Crippen LogP) is 4.07. The van der Waals surface area contributed by atoms with Crippen LogP contribution in [0.4, 0.5) is 4.39 Å². The van der Waals surface area contributed by atoms with Crippen molar-refractivity contribution >= 4 is 0 Å². The summed E-state index contributed by atoms with van der Waals surface area (Å²) in [5, 5.41) is 3.39. The van der Waals surface area contributed by atoms with Crippen molar-refractivity contribution in [1.29, 1.82) is 0 Å². The molecule has 0 heterocycles. The fraction of sp³-hybridized carbons (Fsp3) is 0.647. The fourth-order valence-corrected chi connectivity index (χ4v) is 2.75. The molecule has 1 atom stereocenters. The molecule has 0 amide bonds. The lowest BCUT2D eigenvalue weighted by Gasteiger charge is -2.22. The van der Waals surface area contributed by atoms with E-state index in [-0.39, 0.29) is 11.9 Å². The van der Waals surface area contributed by atoms with Crippen LogP contribution in [0.1, 0.15) is 51.2 Å². The normalized spacial score (nSPS) is 17.8. The van der Waals surface area contributed by atoms with Gasteiger partial charge in [-0.05, 0) is 36.5 Å². The first-order valence-corrected chi connectivity index (χ1v) is 7.75. The van der Waals surface area contributed by atoms with Crippen LogP contribution in [0.3, 0.4) is 0 Å². The molecule has 0 spiro atoms. The zero-order valence-corrected chi connectivity index (χ0v) is 12.6. The van der Waals surface area contributed by atoms with Gasteiger partial charge in [-0.3, -0.25) is 0 Å². The van der Waals surface area contributed by atoms with E-state index in [1.54, 1.807) is 12.1 Å². The van der Waals surface area contributed by atoms with Crippen LogP contribution in [0.15, 0.2) is 24.3 Å². The van der Waals surface area contributed by atoms with Gasteiger partial charge >= 0.3 is 0 Å². The van der Waals surface area contributed by atoms with E-state index in [0.29, 0.717) is 12.0 Å². The Balaban J connectivity index is 1.95. The van der Waals surface area contributed by atoms with Gasteiger partial charge in [0.05, 0.1) is 12.7 Å². The van der Waals surface area contributed by atoms with E-state index in [0.717, 1.165) is 18.7 Å². The summed E-state index contributed by atoms with van der Waals surface area (Å²) in [7, 11) is 0. The van der Waals surface area contributed by atoms with Crippen molar-refractivity contribution in [2.24, 2.45) is 5.92 Å². The Labute approximate surface area is 121 Å². The zero-order valence-electron chi connectivity index (χ0n) is 12.6. The van der Waals surface area contributed by atoms with Gasteiger partial charge in [0, 0.05) is 12.6 Å². The van der Waals surface area contributed by atoms with Crippen molar-refractivity contribution < 1.29 is 9.13 Å². The number of nitrogens with one attached hydrogen (secondary N) is 1. The fourth-order valence-electron chi connectivity index (χ4n) is 2.75. The van der Waals surface area contributed by atoms with E-state index in [2.05, 4.69) is 19.2 Å². The van der Waals surface area contributed by atoms with Crippen LogP contribution in [0, 0.1) is 11.7 Å². The molecule has 1 N–H and O–H groups in total. The second kappa shape index (κ2) is 7.75. The average molecular weight is 279 g/mol. The maximum Gasteiger partial charge on any atom is 0.123 e. The molecule has 1 saturated carbocycles. The predicted molar refractivity (Wildman–Crippen MR) is 80.2 cm³/mol. The lowest BCUT2D eigenvalue weighted by molar-refractivity contribution is 0.0283. The largest absolute Gasteiger partial charge is 0.372 e. The molecule has 0 radical (unpaired) electrons. The quantitative estimate of drug-likeness (QED) is 0.812. The molecule has 0 saturated heterocycles. The zero-order chi connectivity index (χ0) is 14.4. The van der Waals surface area contributed by atoms with Crippen LogP contribution in [-0.2, 0) is 4.74 Å². The third-order valence-electron chi connectivity index (χ3n) is 3.94. The standard InChI is InChI=1S/C17H26FNO/c1-13(2)19-11-17(15-8-5-9-16(18)10-15)20-12-14-6-3-4-7-14/h5,8-10,13-14,17,19H,3-4,6-7,11-12H2,1-2H3. The SMILES string of the molecule is CC(C)NCC(OCC1CCCC1)c1cccc(F)c1. The molecule has 0 aromatic heterocycles. The molecule has 0 bridgehead atoms. The second-order valence-corrected chi connectivity index (χ2v) is 6.09. The Hall–Kier alpha value is -0.930. The number of hydrogen-bond acceptors (Lipinski definition) is 2. The summed E-state index contributed by atoms with van der Waals surface area (Å²) in [6.07, 6.45) is 5.13. The van der Waals surface area contributed by atoms with Gasteiger partial charge in [-0.15, -0.1) is 0 Å². The summed E-state index contributed by atoms with van der Waals surface area (Å²) in [6.45, 7) is 5.74. The molecule has 1 aromatic carbocycles. The highest BCUT2D eigenvalue weighted by Crippen LogP contribution is 2.27. The van der Waals surface area contributed by atoms with Gasteiger partial charge in [0.15, 0.2) is 0 Å². The molecule has 1 unspecified atom stereocenters. The Morgan fingerprint density at radius 3 is 2.70 bits per heavy atom. The third kappa shape index (κ3) is 4.88. The third-order valence-corrected chi connectivity index (χ3v) is 3.94. The molecule has 20 heavy (non-hydrogen) atoms. The molecule has 2 rings (SSSR count). The molecule has 1 aliphatic carbocycles. The van der Waals surface area contributed by atoms with Gasteiger partial charge in [0.2, 0.25) is 0 Å². The highest BCUT2D eigenvalue weighted by atomic mass is 19.1. The molecule has 0 aliphatic heterocycles. The first kappa shape index (κ1) is 15.5. The smallest absolute Gasteiger partial charge is 0.123 e. The molecular formula is C17H26FNO. The van der Waals surface area contributed by atoms with Gasteiger partial charge in [0.1, 0.15) is 5.82 Å². The highest BCUT2D eigenvalue weighted by Gasteiger charge is 2.19. The summed E-state index contributed by atoms with van der Waals surface area (Å²) in [5.41, 5.74) is 0.927. The minimum atomic E-state index is -0.193. The second-order valence-electron chi connectivity index (χ2n) is 6.09. The highest BCUT2D eigenvalue weighted by molar-refractivity contribution is 5.19. The number of hydrogen-bond donors (Lipinski definition) is 1. The molecule has 1 aliphatic rings. The topological polar surface area (TPSA) is 21.3 Å². The van der Waals surface area contributed by atoms with Crippen LogP contribution >= 0.6 is 0 Å². The van der Waals surface area contributed by atoms with Crippen LogP contribution in [0.25, 0.3) is 0 Å². The van der Waals surface area contributed by atoms with Crippen molar-refractivity contribution in [3.8, 4) is 0 Å². The minimum Gasteiger partial charge on any atom is -0.372 e. The van der Waals surface area contributed by atoms with E-state index in [1.807, 2.05) is 6.07 Å². The van der Waals surface area contributed by atoms with Crippen molar-refractivity contribution in [1.82, 2.24) is 5.32 Å².